The van der Waals surface area contributed by atoms with Crippen LogP contribution in [0.4, 0.5) is 0 Å². The SMILES string of the molecule is O=COCC=Cc1cccc(Br)c1. The van der Waals surface area contributed by atoms with Gasteiger partial charge in [0.1, 0.15) is 6.61 Å². The number of carbonyl (C=O) groups excluding carboxylic acids is 1. The van der Waals surface area contributed by atoms with Gasteiger partial charge in [-0.2, -0.15) is 0 Å². The summed E-state index contributed by atoms with van der Waals surface area (Å²) >= 11 is 3.36. The first kappa shape index (κ1) is 9.99. The van der Waals surface area contributed by atoms with Gasteiger partial charge in [0.2, 0.25) is 0 Å². The normalized spacial score (nSPS) is 10.2. The Kier molecular flexibility index (Phi) is 4.26. The second kappa shape index (κ2) is 5.54. The summed E-state index contributed by atoms with van der Waals surface area (Å²) in [6, 6.07) is 7.86. The molecule has 0 aliphatic rings. The molecule has 0 radical (unpaired) electrons. The Morgan fingerprint density at radius 1 is 1.46 bits per heavy atom. The maximum absolute atomic E-state index is 9.81. The predicted molar refractivity (Wildman–Crippen MR) is 55.2 cm³/mol. The molecule has 1 aromatic carbocycles. The van der Waals surface area contributed by atoms with Gasteiger partial charge in [-0.25, -0.2) is 0 Å². The van der Waals surface area contributed by atoms with Gasteiger partial charge in [-0.3, -0.25) is 4.79 Å². The Bertz CT molecular complexity index is 308. The Morgan fingerprint density at radius 2 is 2.31 bits per heavy atom. The topological polar surface area (TPSA) is 26.3 Å². The van der Waals surface area contributed by atoms with Gasteiger partial charge in [-0.15, -0.1) is 0 Å². The lowest BCUT2D eigenvalue weighted by Crippen LogP contribution is -1.85. The van der Waals surface area contributed by atoms with E-state index in [2.05, 4.69) is 20.7 Å². The smallest absolute Gasteiger partial charge is 0.293 e. The number of hydrogen-bond donors (Lipinski definition) is 0. The Labute approximate surface area is 85.3 Å². The number of rotatable bonds is 4. The molecule has 0 bridgehead atoms. The van der Waals surface area contributed by atoms with E-state index in [1.165, 1.54) is 0 Å². The average Bonchev–Trinajstić information content (AvgIpc) is 2.13. The summed E-state index contributed by atoms with van der Waals surface area (Å²) in [5, 5.41) is 0. The van der Waals surface area contributed by atoms with Crippen LogP contribution in [0.1, 0.15) is 5.56 Å². The van der Waals surface area contributed by atoms with Crippen LogP contribution in [0.3, 0.4) is 0 Å². The second-order valence-electron chi connectivity index (χ2n) is 2.39. The van der Waals surface area contributed by atoms with Crippen LogP contribution in [-0.4, -0.2) is 13.1 Å². The number of hydrogen-bond acceptors (Lipinski definition) is 2. The van der Waals surface area contributed by atoms with E-state index in [0.29, 0.717) is 13.1 Å². The van der Waals surface area contributed by atoms with Crippen LogP contribution in [0.15, 0.2) is 34.8 Å². The van der Waals surface area contributed by atoms with Crippen molar-refractivity contribution in [2.24, 2.45) is 0 Å². The van der Waals surface area contributed by atoms with Crippen LogP contribution in [0, 0.1) is 0 Å². The number of ether oxygens (including phenoxy) is 1. The molecule has 0 spiro atoms. The van der Waals surface area contributed by atoms with Crippen molar-refractivity contribution < 1.29 is 9.53 Å². The summed E-state index contributed by atoms with van der Waals surface area (Å²) in [6.45, 7) is 0.751. The lowest BCUT2D eigenvalue weighted by atomic mass is 10.2. The Hall–Kier alpha value is -1.09. The van der Waals surface area contributed by atoms with E-state index in [1.807, 2.05) is 30.3 Å². The number of halogens is 1. The van der Waals surface area contributed by atoms with E-state index in [9.17, 15) is 4.79 Å². The molecule has 0 N–H and O–H groups in total. The van der Waals surface area contributed by atoms with Crippen LogP contribution in [0.5, 0.6) is 0 Å². The molecule has 0 saturated carbocycles. The minimum atomic E-state index is 0.315. The standard InChI is InChI=1S/C10H9BrO2/c11-10-5-1-3-9(7-10)4-2-6-13-8-12/h1-5,7-8H,6H2. The van der Waals surface area contributed by atoms with Crippen LogP contribution in [0.2, 0.25) is 0 Å². The van der Waals surface area contributed by atoms with Crippen LogP contribution >= 0.6 is 15.9 Å². The highest BCUT2D eigenvalue weighted by atomic mass is 79.9. The molecule has 0 fully saturated rings. The molecule has 1 aromatic rings. The van der Waals surface area contributed by atoms with Gasteiger partial charge in [-0.1, -0.05) is 34.1 Å². The zero-order valence-corrected chi connectivity index (χ0v) is 8.53. The van der Waals surface area contributed by atoms with Crippen LogP contribution < -0.4 is 0 Å². The van der Waals surface area contributed by atoms with E-state index in [0.717, 1.165) is 10.0 Å². The van der Waals surface area contributed by atoms with Crippen molar-refractivity contribution in [2.45, 2.75) is 0 Å². The third-order valence-corrected chi connectivity index (χ3v) is 1.91. The molecule has 0 saturated heterocycles. The molecule has 0 atom stereocenters. The average molecular weight is 241 g/mol. The zero-order chi connectivity index (χ0) is 9.52. The van der Waals surface area contributed by atoms with Crippen LogP contribution in [-0.2, 0) is 9.53 Å². The van der Waals surface area contributed by atoms with Gasteiger partial charge in [0, 0.05) is 4.47 Å². The highest BCUT2D eigenvalue weighted by molar-refractivity contribution is 9.10. The second-order valence-corrected chi connectivity index (χ2v) is 3.30. The molecule has 0 aliphatic heterocycles. The summed E-state index contributed by atoms with van der Waals surface area (Å²) in [7, 11) is 0. The van der Waals surface area contributed by atoms with Gasteiger partial charge in [0.15, 0.2) is 0 Å². The summed E-state index contributed by atoms with van der Waals surface area (Å²) < 4.78 is 5.54. The van der Waals surface area contributed by atoms with E-state index >= 15 is 0 Å². The lowest BCUT2D eigenvalue weighted by Gasteiger charge is -1.94. The molecule has 0 heterocycles. The van der Waals surface area contributed by atoms with Gasteiger partial charge in [-0.05, 0) is 23.8 Å². The quantitative estimate of drug-likeness (QED) is 0.598. The Balaban J connectivity index is 2.53. The molecule has 2 nitrogen and oxygen atoms in total. The molecular weight excluding hydrogens is 232 g/mol. The van der Waals surface area contributed by atoms with Crippen molar-refractivity contribution in [3.8, 4) is 0 Å². The van der Waals surface area contributed by atoms with E-state index in [4.69, 9.17) is 0 Å². The zero-order valence-electron chi connectivity index (χ0n) is 6.94. The Morgan fingerprint density at radius 3 is 3.00 bits per heavy atom. The molecule has 0 unspecified atom stereocenters. The molecule has 13 heavy (non-hydrogen) atoms. The molecule has 0 aliphatic carbocycles. The minimum absolute atomic E-state index is 0.315. The fourth-order valence-electron chi connectivity index (χ4n) is 0.889. The van der Waals surface area contributed by atoms with Crippen molar-refractivity contribution in [3.63, 3.8) is 0 Å². The van der Waals surface area contributed by atoms with Crippen molar-refractivity contribution >= 4 is 28.5 Å². The van der Waals surface area contributed by atoms with Crippen molar-refractivity contribution in [2.75, 3.05) is 6.61 Å². The van der Waals surface area contributed by atoms with Crippen molar-refractivity contribution in [1.29, 1.82) is 0 Å². The highest BCUT2D eigenvalue weighted by Crippen LogP contribution is 2.12. The highest BCUT2D eigenvalue weighted by Gasteiger charge is 1.87. The van der Waals surface area contributed by atoms with Gasteiger partial charge in [0.25, 0.3) is 6.47 Å². The van der Waals surface area contributed by atoms with Gasteiger partial charge in [0.05, 0.1) is 0 Å². The lowest BCUT2D eigenvalue weighted by molar-refractivity contribution is -0.127. The number of benzene rings is 1. The summed E-state index contributed by atoms with van der Waals surface area (Å²) in [6.07, 6.45) is 3.68. The molecule has 0 amide bonds. The molecular formula is C10H9BrO2. The largest absolute Gasteiger partial charge is 0.464 e. The van der Waals surface area contributed by atoms with E-state index in [-0.39, 0.29) is 0 Å². The van der Waals surface area contributed by atoms with Crippen molar-refractivity contribution in [1.82, 2.24) is 0 Å². The summed E-state index contributed by atoms with van der Waals surface area (Å²) in [5.74, 6) is 0. The van der Waals surface area contributed by atoms with Crippen molar-refractivity contribution in [3.05, 3.63) is 40.4 Å². The molecule has 1 rings (SSSR count). The fraction of sp³-hybridized carbons (Fsp3) is 0.100. The first-order chi connectivity index (χ1) is 6.33. The third kappa shape index (κ3) is 3.90. The van der Waals surface area contributed by atoms with Gasteiger partial charge >= 0.3 is 0 Å². The minimum Gasteiger partial charge on any atom is -0.464 e. The maximum Gasteiger partial charge on any atom is 0.293 e. The molecule has 0 aromatic heterocycles. The van der Waals surface area contributed by atoms with Crippen LogP contribution in [0.25, 0.3) is 6.08 Å². The number of carbonyl (C=O) groups is 1. The first-order valence-corrected chi connectivity index (χ1v) is 4.59. The van der Waals surface area contributed by atoms with E-state index in [1.54, 1.807) is 6.08 Å². The monoisotopic (exact) mass is 240 g/mol. The summed E-state index contributed by atoms with van der Waals surface area (Å²) in [4.78, 5) is 9.81. The van der Waals surface area contributed by atoms with Gasteiger partial charge < -0.3 is 4.74 Å². The fourth-order valence-corrected chi connectivity index (χ4v) is 1.31. The third-order valence-electron chi connectivity index (χ3n) is 1.42. The molecule has 68 valence electrons. The first-order valence-electron chi connectivity index (χ1n) is 3.80. The predicted octanol–water partition coefficient (Wildman–Crippen LogP) is 2.64. The summed E-state index contributed by atoms with van der Waals surface area (Å²) in [5.41, 5.74) is 1.07. The maximum atomic E-state index is 9.81. The van der Waals surface area contributed by atoms with E-state index < -0.39 is 0 Å². The molecule has 3 heteroatoms.